The number of rotatable bonds is 4. The first-order valence-corrected chi connectivity index (χ1v) is 15.6. The maximum Gasteiger partial charge on any atom is 0.354 e. The van der Waals surface area contributed by atoms with E-state index in [0.717, 1.165) is 11.6 Å². The number of aromatic nitrogens is 3. The minimum atomic E-state index is -0.972. The molecule has 2 aromatic carbocycles. The molecule has 240 valence electrons. The lowest BCUT2D eigenvalue weighted by Crippen LogP contribution is -2.60. The topological polar surface area (TPSA) is 107 Å². The number of amides is 1. The quantitative estimate of drug-likeness (QED) is 0.152. The number of carbonyl (C=O) groups excluding carboxylic acids is 1. The molecule has 0 saturated carbocycles. The van der Waals surface area contributed by atoms with Crippen LogP contribution in [0.3, 0.4) is 0 Å². The second-order valence-corrected chi connectivity index (χ2v) is 12.8. The second-order valence-electron chi connectivity index (χ2n) is 12.0. The van der Waals surface area contributed by atoms with Crippen molar-refractivity contribution in [2.75, 3.05) is 30.3 Å². The third-order valence-corrected chi connectivity index (χ3v) is 9.32. The highest BCUT2D eigenvalue weighted by molar-refractivity contribution is 6.37. The Balaban J connectivity index is 1.75. The van der Waals surface area contributed by atoms with Gasteiger partial charge < -0.3 is 20.3 Å². The number of ether oxygens (including phenoxy) is 1. The molecule has 2 atom stereocenters. The van der Waals surface area contributed by atoms with Gasteiger partial charge in [0.1, 0.15) is 5.82 Å². The highest BCUT2D eigenvalue weighted by Crippen LogP contribution is 2.47. The van der Waals surface area contributed by atoms with Crippen LogP contribution < -0.4 is 21.1 Å². The molecule has 0 radical (unpaired) electrons. The van der Waals surface area contributed by atoms with Gasteiger partial charge in [-0.1, -0.05) is 43.6 Å². The van der Waals surface area contributed by atoms with Crippen molar-refractivity contribution in [2.45, 2.75) is 52.1 Å². The van der Waals surface area contributed by atoms with Gasteiger partial charge in [-0.05, 0) is 49.6 Å². The van der Waals surface area contributed by atoms with Crippen LogP contribution in [0.4, 0.5) is 20.3 Å². The van der Waals surface area contributed by atoms with E-state index in [0.29, 0.717) is 30.9 Å². The van der Waals surface area contributed by atoms with Crippen LogP contribution in [-0.2, 0) is 4.79 Å². The fourth-order valence-corrected chi connectivity index (χ4v) is 6.94. The van der Waals surface area contributed by atoms with Gasteiger partial charge in [-0.15, -0.1) is 0 Å². The van der Waals surface area contributed by atoms with E-state index in [2.05, 4.69) is 16.5 Å². The van der Waals surface area contributed by atoms with Crippen LogP contribution in [0.1, 0.15) is 44.4 Å². The van der Waals surface area contributed by atoms with Crippen LogP contribution >= 0.6 is 23.2 Å². The molecular formula is C33H32Cl2F2N6O3. The summed E-state index contributed by atoms with van der Waals surface area (Å²) in [5.74, 6) is -2.23. The van der Waals surface area contributed by atoms with Crippen LogP contribution in [0.2, 0.25) is 10.0 Å². The van der Waals surface area contributed by atoms with E-state index in [1.807, 2.05) is 32.6 Å². The third kappa shape index (κ3) is 4.96. The van der Waals surface area contributed by atoms with Gasteiger partial charge >= 0.3 is 5.69 Å². The van der Waals surface area contributed by atoms with Crippen LogP contribution in [-0.4, -0.2) is 57.1 Å². The standard InChI is InChI=1S/C33H32Cl2F2N6O3/c1-6-23(44)41-14-18-8-10-46-31-25-22(11-19(26(31)36)24-27(37)20(34)12-21(35)28(24)38)43(30-16(4)7-9-39-29(30)15(2)3)33(45)40-32(25)42(18)13-17(41)5/h6-7,9,11-12,15,17-18H,1,8,10,13-14,38H2,2-5H3. The van der Waals surface area contributed by atoms with Crippen molar-refractivity contribution in [1.29, 1.82) is 0 Å². The molecule has 9 nitrogen and oxygen atoms in total. The van der Waals surface area contributed by atoms with Crippen molar-refractivity contribution in [1.82, 2.24) is 19.4 Å². The smallest absolute Gasteiger partial charge is 0.354 e. The predicted octanol–water partition coefficient (Wildman–Crippen LogP) is 6.42. The van der Waals surface area contributed by atoms with Crippen LogP contribution in [0.25, 0.3) is 27.7 Å². The number of piperazine rings is 1. The van der Waals surface area contributed by atoms with Gasteiger partial charge in [0, 0.05) is 42.9 Å². The Bertz CT molecular complexity index is 1970. The average Bonchev–Trinajstić information content (AvgIpc) is 3.00. The monoisotopic (exact) mass is 668 g/mol. The number of halogens is 4. The average molecular weight is 670 g/mol. The summed E-state index contributed by atoms with van der Waals surface area (Å²) in [4.78, 5) is 39.7. The van der Waals surface area contributed by atoms with E-state index < -0.39 is 17.3 Å². The fraction of sp³-hybridized carbons (Fsp3) is 0.333. The molecule has 0 aliphatic carbocycles. The van der Waals surface area contributed by atoms with Crippen molar-refractivity contribution in [3.05, 3.63) is 80.5 Å². The lowest BCUT2D eigenvalue weighted by Gasteiger charge is -2.46. The Hall–Kier alpha value is -4.22. The van der Waals surface area contributed by atoms with Gasteiger partial charge in [-0.25, -0.2) is 13.6 Å². The number of hydrogen-bond acceptors (Lipinski definition) is 7. The summed E-state index contributed by atoms with van der Waals surface area (Å²) in [6, 6.07) is 3.70. The second kappa shape index (κ2) is 11.9. The summed E-state index contributed by atoms with van der Waals surface area (Å²) in [5, 5.41) is -0.198. The normalized spacial score (nSPS) is 17.8. The van der Waals surface area contributed by atoms with Gasteiger partial charge in [0.15, 0.2) is 17.4 Å². The largest absolute Gasteiger partial charge is 0.490 e. The molecule has 1 saturated heterocycles. The first-order chi connectivity index (χ1) is 21.8. The number of benzene rings is 2. The van der Waals surface area contributed by atoms with Crippen molar-refractivity contribution in [2.24, 2.45) is 0 Å². The fourth-order valence-electron chi connectivity index (χ4n) is 6.48. The van der Waals surface area contributed by atoms with Gasteiger partial charge in [0.25, 0.3) is 0 Å². The van der Waals surface area contributed by atoms with Gasteiger partial charge in [-0.3, -0.25) is 14.3 Å². The first kappa shape index (κ1) is 31.7. The Labute approximate surface area is 274 Å². The summed E-state index contributed by atoms with van der Waals surface area (Å²) in [6.07, 6.45) is 3.30. The van der Waals surface area contributed by atoms with Crippen molar-refractivity contribution < 1.29 is 18.3 Å². The zero-order chi connectivity index (χ0) is 33.2. The number of nitrogens with two attached hydrogens (primary N) is 1. The zero-order valence-electron chi connectivity index (χ0n) is 25.7. The third-order valence-electron chi connectivity index (χ3n) is 8.73. The molecule has 6 rings (SSSR count). The molecule has 4 heterocycles. The number of aryl methyl sites for hydroxylation is 1. The van der Waals surface area contributed by atoms with E-state index in [-0.39, 0.29) is 79.8 Å². The highest BCUT2D eigenvalue weighted by atomic mass is 35.5. The predicted molar refractivity (Wildman–Crippen MR) is 176 cm³/mol. The minimum Gasteiger partial charge on any atom is -0.490 e. The molecule has 2 aliphatic rings. The lowest BCUT2D eigenvalue weighted by atomic mass is 9.97. The number of nitrogens with zero attached hydrogens (tertiary/aromatic N) is 5. The maximum absolute atomic E-state index is 16.8. The highest BCUT2D eigenvalue weighted by Gasteiger charge is 2.38. The Morgan fingerprint density at radius 1 is 1.20 bits per heavy atom. The summed E-state index contributed by atoms with van der Waals surface area (Å²) in [7, 11) is 0. The number of pyridine rings is 1. The van der Waals surface area contributed by atoms with E-state index in [9.17, 15) is 9.59 Å². The minimum absolute atomic E-state index is 0.0527. The van der Waals surface area contributed by atoms with E-state index in [4.69, 9.17) is 33.7 Å². The Kier molecular flexibility index (Phi) is 8.18. The first-order valence-electron chi connectivity index (χ1n) is 14.9. The van der Waals surface area contributed by atoms with E-state index >= 15 is 8.78 Å². The van der Waals surface area contributed by atoms with E-state index in [1.165, 1.54) is 16.7 Å². The number of nitrogen functional groups attached to an aromatic ring is 1. The molecule has 1 amide bonds. The van der Waals surface area contributed by atoms with Crippen LogP contribution in [0, 0.1) is 18.6 Å². The molecule has 2 aliphatic heterocycles. The van der Waals surface area contributed by atoms with Gasteiger partial charge in [0.2, 0.25) is 5.91 Å². The maximum atomic E-state index is 16.8. The van der Waals surface area contributed by atoms with Crippen LogP contribution in [0.5, 0.6) is 5.75 Å². The number of anilines is 2. The molecule has 2 unspecified atom stereocenters. The molecule has 46 heavy (non-hydrogen) atoms. The molecule has 0 spiro atoms. The molecule has 4 aromatic rings. The molecule has 0 bridgehead atoms. The van der Waals surface area contributed by atoms with Crippen LogP contribution in [0.15, 0.2) is 41.8 Å². The van der Waals surface area contributed by atoms with Gasteiger partial charge in [-0.2, -0.15) is 4.98 Å². The molecule has 13 heteroatoms. The van der Waals surface area contributed by atoms with Crippen molar-refractivity contribution >= 4 is 51.5 Å². The van der Waals surface area contributed by atoms with Crippen molar-refractivity contribution in [3.8, 4) is 22.6 Å². The number of hydrogen-bond donors (Lipinski definition) is 1. The molecule has 1 fully saturated rings. The van der Waals surface area contributed by atoms with Gasteiger partial charge in [0.05, 0.1) is 50.7 Å². The summed E-state index contributed by atoms with van der Waals surface area (Å²) >= 11 is 12.4. The molecular weight excluding hydrogens is 637 g/mol. The number of carbonyl (C=O) groups is 1. The van der Waals surface area contributed by atoms with Crippen molar-refractivity contribution in [3.63, 3.8) is 0 Å². The molecule has 2 aromatic heterocycles. The zero-order valence-corrected chi connectivity index (χ0v) is 27.2. The SMILES string of the molecule is C=CC(=O)N1CC2CCOc3c(F)c(-c4c(N)c(Cl)cc(Cl)c4F)cc4c3c(nc(=O)n4-c3c(C)ccnc3C(C)C)N2CC1C. The lowest BCUT2D eigenvalue weighted by molar-refractivity contribution is -0.129. The summed E-state index contributed by atoms with van der Waals surface area (Å²) in [5.41, 5.74) is 6.71. The summed E-state index contributed by atoms with van der Waals surface area (Å²) in [6.45, 7) is 11.9. The number of fused-ring (bicyclic) bond motifs is 2. The summed E-state index contributed by atoms with van der Waals surface area (Å²) < 4.78 is 40.0. The molecule has 2 N–H and O–H groups in total. The van der Waals surface area contributed by atoms with E-state index in [1.54, 1.807) is 17.2 Å². The Morgan fingerprint density at radius 3 is 2.63 bits per heavy atom. The Morgan fingerprint density at radius 2 is 1.93 bits per heavy atom.